The molecule has 0 aromatic heterocycles. The number of thioether (sulfide) groups is 2. The molecule has 21 N–H and O–H groups in total. The van der Waals surface area contributed by atoms with E-state index in [2.05, 4.69) is 0 Å². The minimum atomic E-state index is -2.31. The van der Waals surface area contributed by atoms with Crippen molar-refractivity contribution in [1.82, 2.24) is 0 Å². The number of carbonyl (C=O) groups excluding carboxylic acids is 2. The van der Waals surface area contributed by atoms with Crippen molar-refractivity contribution in [3.05, 3.63) is 0 Å². The zero-order valence-corrected chi connectivity index (χ0v) is 57.4. The molecule has 103 heavy (non-hydrogen) atoms. The highest BCUT2D eigenvalue weighted by Crippen LogP contribution is 2.40. The maximum atomic E-state index is 13.0. The van der Waals surface area contributed by atoms with E-state index < -0.39 is 290 Å². The van der Waals surface area contributed by atoms with Crippen molar-refractivity contribution in [2.24, 2.45) is 11.8 Å². The number of rotatable bonds is 27. The summed E-state index contributed by atoms with van der Waals surface area (Å²) in [5.41, 5.74) is 0. The Hall–Kier alpha value is -2.42. The van der Waals surface area contributed by atoms with Crippen molar-refractivity contribution >= 4 is 47.0 Å². The Kier molecular flexibility index (Phi) is 33.5. The summed E-state index contributed by atoms with van der Waals surface area (Å²) in [5.74, 6) is -6.75. The smallest absolute Gasteiger partial charge is 0.307 e. The number of aliphatic hydroxyl groups is 19. The number of aliphatic hydroxyl groups excluding tert-OH is 19. The van der Waals surface area contributed by atoms with Gasteiger partial charge >= 0.3 is 11.9 Å². The average Bonchev–Trinajstić information content (AvgIpc) is 0.785. The number of carbonyl (C=O) groups is 4. The molecule has 0 spiro atoms. The highest BCUT2D eigenvalue weighted by atomic mass is 32.2. The van der Waals surface area contributed by atoms with E-state index in [1.807, 2.05) is 0 Å². The van der Waals surface area contributed by atoms with Gasteiger partial charge in [-0.15, -0.1) is 0 Å². The summed E-state index contributed by atoms with van der Waals surface area (Å²) in [6.45, 7) is -2.28. The molecular formula is C60H98O41S2. The molecule has 37 atom stereocenters. The van der Waals surface area contributed by atoms with Gasteiger partial charge in [-0.05, 0) is 13.3 Å². The lowest BCUT2D eigenvalue weighted by molar-refractivity contribution is -0.395. The third-order valence-corrected chi connectivity index (χ3v) is 21.2. The highest BCUT2D eigenvalue weighted by Gasteiger charge is 2.60. The first-order chi connectivity index (χ1) is 49.0. The topological polar surface area (TPSA) is 641 Å². The monoisotopic (exact) mass is 1540 g/mol. The van der Waals surface area contributed by atoms with E-state index in [0.29, 0.717) is 0 Å². The molecule has 21 saturated heterocycles. The molecule has 21 aliphatic rings. The molecule has 41 nitrogen and oxygen atoms in total. The number of carboxylic acids is 2. The van der Waals surface area contributed by atoms with Crippen molar-refractivity contribution in [1.29, 1.82) is 0 Å². The quantitative estimate of drug-likeness (QED) is 0.0340. The fourth-order valence-corrected chi connectivity index (χ4v) is 15.2. The summed E-state index contributed by atoms with van der Waals surface area (Å²) in [6.07, 6.45) is -72.7. The Morgan fingerprint density at radius 3 is 0.796 bits per heavy atom. The van der Waals surface area contributed by atoms with E-state index in [-0.39, 0.29) is 68.7 Å². The lowest BCUT2D eigenvalue weighted by atomic mass is 9.95. The van der Waals surface area contributed by atoms with Crippen LogP contribution >= 0.6 is 23.5 Å². The summed E-state index contributed by atoms with van der Waals surface area (Å²) >= 11 is 1.73. The molecule has 21 aliphatic heterocycles. The first-order valence-corrected chi connectivity index (χ1v) is 35.8. The molecule has 16 unspecified atom stereocenters. The Labute approximate surface area is 596 Å². The second-order valence-corrected chi connectivity index (χ2v) is 28.2. The van der Waals surface area contributed by atoms with Crippen molar-refractivity contribution in [2.75, 3.05) is 82.5 Å². The van der Waals surface area contributed by atoms with Crippen LogP contribution in [0.5, 0.6) is 0 Å². The van der Waals surface area contributed by atoms with Crippen LogP contribution in [0.15, 0.2) is 0 Å². The van der Waals surface area contributed by atoms with E-state index in [4.69, 9.17) is 75.8 Å². The first kappa shape index (κ1) is 86.2. The minimum absolute atomic E-state index is 0.0656. The summed E-state index contributed by atoms with van der Waals surface area (Å²) < 4.78 is 93.4. The second-order valence-electron chi connectivity index (χ2n) is 26.0. The van der Waals surface area contributed by atoms with Crippen LogP contribution < -0.4 is 0 Å². The lowest BCUT2D eigenvalue weighted by Gasteiger charge is -2.50. The van der Waals surface area contributed by atoms with Crippen molar-refractivity contribution in [3.63, 3.8) is 0 Å². The van der Waals surface area contributed by atoms with Gasteiger partial charge in [0.05, 0.1) is 83.5 Å². The van der Waals surface area contributed by atoms with Crippen molar-refractivity contribution in [2.45, 2.75) is 254 Å². The maximum Gasteiger partial charge on any atom is 0.307 e. The normalized spacial score (nSPS) is 44.9. The van der Waals surface area contributed by atoms with E-state index in [0.717, 1.165) is 23.5 Å². The fourth-order valence-electron chi connectivity index (χ4n) is 12.7. The van der Waals surface area contributed by atoms with E-state index in [1.165, 1.54) is 6.92 Å². The molecule has 21 rings (SSSR count). The SMILES string of the molecule is CCC(CSCC1O[C@@H]2O[C@H]3C(CO)O[C@@H](O[C@H]4C(CO)O[C@@H](O[C@H]5C(CO)O[C@@H](O[C@H]6C(CSCC(CC(=O)CCOCCOCCC(C)=O)C(=O)O)O[C@@H](O[C@H]7C(CO)O[C@H](O[C@H]8C(CO)O[C@H](O[C@@H]1[C@H](O)C2O)C(O)[C@H]8O)C(O)[C@H]7O)C(O)[C@H]6O)C(O)[C@H]5O)C(O)[C@H]4O)C(O)[C@H]3O)C(=O)O. The number of hydrogen-bond acceptors (Lipinski definition) is 41. The Bertz CT molecular complexity index is 2610. The molecule has 596 valence electrons. The van der Waals surface area contributed by atoms with Gasteiger partial charge in [-0.1, -0.05) is 6.92 Å². The zero-order valence-electron chi connectivity index (χ0n) is 55.8. The number of carboxylic acid groups (broad SMARTS) is 2. The molecular weight excluding hydrogens is 1440 g/mol. The van der Waals surface area contributed by atoms with Gasteiger partial charge < -0.3 is 183 Å². The summed E-state index contributed by atoms with van der Waals surface area (Å²) in [7, 11) is 0. The number of aliphatic carboxylic acids is 2. The maximum absolute atomic E-state index is 13.0. The fraction of sp³-hybridized carbons (Fsp3) is 0.933. The van der Waals surface area contributed by atoms with Gasteiger partial charge in [-0.3, -0.25) is 19.2 Å². The number of hydrogen-bond donors (Lipinski definition) is 21. The van der Waals surface area contributed by atoms with Crippen LogP contribution in [0.3, 0.4) is 0 Å². The molecule has 0 aromatic rings. The van der Waals surface area contributed by atoms with Gasteiger partial charge in [0.1, 0.15) is 170 Å². The average molecular weight is 1540 g/mol. The van der Waals surface area contributed by atoms with Crippen molar-refractivity contribution in [3.8, 4) is 0 Å². The number of ether oxygens (including phenoxy) is 16. The molecule has 0 saturated carbocycles. The number of Topliss-reactive ketones (excluding diaryl/α,β-unsaturated/α-hetero) is 2. The molecule has 0 aliphatic carbocycles. The highest BCUT2D eigenvalue weighted by molar-refractivity contribution is 7.99. The zero-order chi connectivity index (χ0) is 75.4. The molecule has 43 heteroatoms. The van der Waals surface area contributed by atoms with E-state index in [9.17, 15) is 126 Å². The van der Waals surface area contributed by atoms with Crippen LogP contribution in [0, 0.1) is 11.8 Å². The standard InChI is InChI=1S/C60H98O41S2/c1-3-21(52(82)83)16-102-18-29-50-36(73)43(80)59(93-29)98-48-27(14-64)89-55(39(76)32(48)69)95-45-24(11-61)88-54(38(75)31(45)68)96-46-26(13-63)92-58(42(79)35(46)72)101-51-30(19-103-17-22(53(84)85)10-23(67)5-7-87-9-8-86-6-4-20(2)66)94-60(44(81)37(51)74)99-49-28(15-65)90-56(40(77)33(49)70)97-47-25(12-62)91-57(100-50)41(78)34(47)71/h21-22,24-51,54-65,68-81H,3-19H2,1-2H3,(H,82,83)(H,84,85)/t21?,22?,24?,25?,26?,27?,28?,29?,30?,31-,32-,33-,34-,35-,36-,37-,38?,39?,40?,41?,42?,43?,44?,45+,46+,47+,48+,49+,50+,51+,54+,55+,56-,57-,58+,59-,60+/m1/s1. The van der Waals surface area contributed by atoms with Gasteiger partial charge in [-0.25, -0.2) is 0 Å². The van der Waals surface area contributed by atoms with Gasteiger partial charge in [0.25, 0.3) is 0 Å². The summed E-state index contributed by atoms with van der Waals surface area (Å²) in [6, 6.07) is 0. The Morgan fingerprint density at radius 1 is 0.330 bits per heavy atom. The third-order valence-electron chi connectivity index (χ3n) is 18.8. The Morgan fingerprint density at radius 2 is 0.563 bits per heavy atom. The van der Waals surface area contributed by atoms with E-state index in [1.54, 1.807) is 6.92 Å². The van der Waals surface area contributed by atoms with Gasteiger partial charge in [0.15, 0.2) is 44.0 Å². The van der Waals surface area contributed by atoms with Crippen LogP contribution in [-0.4, -0.2) is 428 Å². The predicted molar refractivity (Wildman–Crippen MR) is 333 cm³/mol. The van der Waals surface area contributed by atoms with Crippen LogP contribution in [0.2, 0.25) is 0 Å². The van der Waals surface area contributed by atoms with Crippen molar-refractivity contribution < 1.29 is 202 Å². The van der Waals surface area contributed by atoms with Gasteiger partial charge in [-0.2, -0.15) is 23.5 Å². The largest absolute Gasteiger partial charge is 0.481 e. The lowest BCUT2D eigenvalue weighted by Crippen LogP contribution is -2.68. The summed E-state index contributed by atoms with van der Waals surface area (Å²) in [5, 5.41) is 237. The molecule has 21 heterocycles. The first-order valence-electron chi connectivity index (χ1n) is 33.5. The second kappa shape index (κ2) is 40.0. The van der Waals surface area contributed by atoms with Crippen LogP contribution in [0.4, 0.5) is 0 Å². The van der Waals surface area contributed by atoms with Gasteiger partial charge in [0.2, 0.25) is 0 Å². The number of ketones is 2. The summed E-state index contributed by atoms with van der Waals surface area (Å²) in [4.78, 5) is 48.8. The van der Waals surface area contributed by atoms with Crippen LogP contribution in [-0.2, 0) is 95.0 Å². The predicted octanol–water partition coefficient (Wildman–Crippen LogP) is -11.6. The van der Waals surface area contributed by atoms with Gasteiger partial charge in [0, 0.05) is 42.3 Å². The molecule has 0 radical (unpaired) electrons. The molecule has 0 amide bonds. The third kappa shape index (κ3) is 21.0. The Balaban J connectivity index is 1.08. The molecule has 14 bridgehead atoms. The van der Waals surface area contributed by atoms with E-state index >= 15 is 0 Å². The van der Waals surface area contributed by atoms with Crippen LogP contribution in [0.1, 0.15) is 39.5 Å². The minimum Gasteiger partial charge on any atom is -0.481 e. The molecule has 21 fully saturated rings. The van der Waals surface area contributed by atoms with Crippen LogP contribution in [0.25, 0.3) is 0 Å². The molecule has 0 aromatic carbocycles.